The molecule has 5 nitrogen and oxygen atoms in total. The molecule has 0 aliphatic carbocycles. The van der Waals surface area contributed by atoms with Gasteiger partial charge in [0.2, 0.25) is 0 Å². The molecule has 12 heavy (non-hydrogen) atoms. The van der Waals surface area contributed by atoms with Crippen LogP contribution in [0.3, 0.4) is 0 Å². The molecule has 0 aromatic carbocycles. The van der Waals surface area contributed by atoms with Crippen LogP contribution in [0.5, 0.6) is 0 Å². The van der Waals surface area contributed by atoms with Gasteiger partial charge in [-0.3, -0.25) is 0 Å². The Balaban J connectivity index is 2.63. The Morgan fingerprint density at radius 2 is 1.67 bits per heavy atom. The zero-order valence-corrected chi connectivity index (χ0v) is 6.79. The second kappa shape index (κ2) is 3.68. The molecule has 1 fully saturated rings. The highest BCUT2D eigenvalue weighted by molar-refractivity contribution is 4.89. The number of hydrogen-bond acceptors (Lipinski definition) is 5. The van der Waals surface area contributed by atoms with Crippen LogP contribution in [0.25, 0.3) is 0 Å². The number of ether oxygens (including phenoxy) is 1. The highest BCUT2D eigenvalue weighted by Gasteiger charge is 2.41. The Bertz CT molecular complexity index is 146. The summed E-state index contributed by atoms with van der Waals surface area (Å²) < 4.78 is 5.02. The maximum Gasteiger partial charge on any atom is 0.111 e. The summed E-state index contributed by atoms with van der Waals surface area (Å²) in [5.41, 5.74) is 0. The summed E-state index contributed by atoms with van der Waals surface area (Å²) in [4.78, 5) is 0. The van der Waals surface area contributed by atoms with Crippen molar-refractivity contribution in [2.75, 3.05) is 6.61 Å². The van der Waals surface area contributed by atoms with Gasteiger partial charge in [0.1, 0.15) is 24.4 Å². The number of aliphatic hydroxyl groups is 4. The molecule has 1 aliphatic rings. The minimum absolute atomic E-state index is 0.366. The van der Waals surface area contributed by atoms with E-state index in [4.69, 9.17) is 9.84 Å². The molecular weight excluding hydrogens is 164 g/mol. The highest BCUT2D eigenvalue weighted by Crippen LogP contribution is 2.20. The molecule has 1 saturated heterocycles. The quantitative estimate of drug-likeness (QED) is 0.367. The van der Waals surface area contributed by atoms with Gasteiger partial charge in [0, 0.05) is 0 Å². The highest BCUT2D eigenvalue weighted by atomic mass is 16.5. The Hall–Kier alpha value is -0.200. The molecule has 0 unspecified atom stereocenters. The van der Waals surface area contributed by atoms with Crippen molar-refractivity contribution >= 4 is 0 Å². The summed E-state index contributed by atoms with van der Waals surface area (Å²) in [7, 11) is 0. The van der Waals surface area contributed by atoms with Crippen LogP contribution >= 0.6 is 0 Å². The fourth-order valence-corrected chi connectivity index (χ4v) is 1.29. The SMILES string of the molecule is C[C@H]1O[C@@H](CO)[C@H](O)[C@@H](O)[C@@H]1O. The van der Waals surface area contributed by atoms with E-state index in [2.05, 4.69) is 0 Å². The van der Waals surface area contributed by atoms with Crippen LogP contribution in [0.1, 0.15) is 6.92 Å². The van der Waals surface area contributed by atoms with Gasteiger partial charge >= 0.3 is 0 Å². The van der Waals surface area contributed by atoms with Crippen molar-refractivity contribution < 1.29 is 25.2 Å². The lowest BCUT2D eigenvalue weighted by Crippen LogP contribution is -2.57. The molecule has 1 aliphatic heterocycles. The van der Waals surface area contributed by atoms with E-state index >= 15 is 0 Å². The van der Waals surface area contributed by atoms with Crippen LogP contribution in [0, 0.1) is 0 Å². The molecule has 5 heteroatoms. The van der Waals surface area contributed by atoms with Crippen LogP contribution in [-0.2, 0) is 4.74 Å². The Morgan fingerprint density at radius 1 is 1.08 bits per heavy atom. The van der Waals surface area contributed by atoms with E-state index in [0.29, 0.717) is 0 Å². The molecule has 1 heterocycles. The van der Waals surface area contributed by atoms with Crippen LogP contribution in [0.15, 0.2) is 0 Å². The molecule has 0 aromatic rings. The molecule has 0 amide bonds. The van der Waals surface area contributed by atoms with Crippen molar-refractivity contribution in [1.29, 1.82) is 0 Å². The maximum absolute atomic E-state index is 9.23. The van der Waals surface area contributed by atoms with Gasteiger partial charge in [-0.15, -0.1) is 0 Å². The van der Waals surface area contributed by atoms with Crippen molar-refractivity contribution in [2.24, 2.45) is 0 Å². The van der Waals surface area contributed by atoms with Crippen LogP contribution in [0.2, 0.25) is 0 Å². The van der Waals surface area contributed by atoms with Gasteiger partial charge in [-0.1, -0.05) is 0 Å². The van der Waals surface area contributed by atoms with Gasteiger partial charge in [-0.05, 0) is 6.92 Å². The minimum atomic E-state index is -1.24. The van der Waals surface area contributed by atoms with E-state index in [9.17, 15) is 15.3 Å². The molecule has 0 spiro atoms. The maximum atomic E-state index is 9.23. The number of aliphatic hydroxyl groups excluding tert-OH is 4. The summed E-state index contributed by atoms with van der Waals surface area (Å²) in [6.07, 6.45) is -4.94. The smallest absolute Gasteiger partial charge is 0.111 e. The number of hydrogen-bond donors (Lipinski definition) is 4. The summed E-state index contributed by atoms with van der Waals surface area (Å²) >= 11 is 0. The molecule has 0 aromatic heterocycles. The van der Waals surface area contributed by atoms with Crippen molar-refractivity contribution in [3.63, 3.8) is 0 Å². The molecule has 1 rings (SSSR count). The van der Waals surface area contributed by atoms with Crippen LogP contribution in [-0.4, -0.2) is 57.6 Å². The predicted molar refractivity (Wildman–Crippen MR) is 39.4 cm³/mol. The second-order valence-corrected chi connectivity index (χ2v) is 3.03. The lowest BCUT2D eigenvalue weighted by molar-refractivity contribution is -0.224. The third-order valence-electron chi connectivity index (χ3n) is 2.13. The first-order valence-corrected chi connectivity index (χ1v) is 3.88. The van der Waals surface area contributed by atoms with E-state index in [1.165, 1.54) is 0 Å². The van der Waals surface area contributed by atoms with Gasteiger partial charge < -0.3 is 25.2 Å². The molecule has 0 saturated carbocycles. The van der Waals surface area contributed by atoms with Crippen molar-refractivity contribution in [1.82, 2.24) is 0 Å². The zero-order valence-electron chi connectivity index (χ0n) is 6.79. The summed E-state index contributed by atoms with van der Waals surface area (Å²) in [5, 5.41) is 36.4. The summed E-state index contributed by atoms with van der Waals surface area (Å²) in [6.45, 7) is 1.21. The van der Waals surface area contributed by atoms with E-state index < -0.39 is 30.5 Å². The third kappa shape index (κ3) is 1.60. The normalized spacial score (nSPS) is 49.2. The van der Waals surface area contributed by atoms with Gasteiger partial charge in [0.15, 0.2) is 0 Å². The predicted octanol–water partition coefficient (Wildman–Crippen LogP) is -2.15. The molecular formula is C7H14O5. The van der Waals surface area contributed by atoms with E-state index in [1.54, 1.807) is 6.92 Å². The molecule has 0 radical (unpaired) electrons. The van der Waals surface area contributed by atoms with Gasteiger partial charge in [0.05, 0.1) is 12.7 Å². The largest absolute Gasteiger partial charge is 0.394 e. The van der Waals surface area contributed by atoms with Gasteiger partial charge in [-0.2, -0.15) is 0 Å². The Labute approximate surface area is 70.2 Å². The van der Waals surface area contributed by atoms with Gasteiger partial charge in [-0.25, -0.2) is 0 Å². The first kappa shape index (κ1) is 9.88. The average Bonchev–Trinajstić information content (AvgIpc) is 2.08. The third-order valence-corrected chi connectivity index (χ3v) is 2.13. The monoisotopic (exact) mass is 178 g/mol. The number of rotatable bonds is 1. The fraction of sp³-hybridized carbons (Fsp3) is 1.00. The van der Waals surface area contributed by atoms with Crippen LogP contribution < -0.4 is 0 Å². The first-order chi connectivity index (χ1) is 5.57. The first-order valence-electron chi connectivity index (χ1n) is 3.88. The summed E-state index contributed by atoms with van der Waals surface area (Å²) in [6, 6.07) is 0. The van der Waals surface area contributed by atoms with Crippen molar-refractivity contribution in [3.05, 3.63) is 0 Å². The topological polar surface area (TPSA) is 90.2 Å². The average molecular weight is 178 g/mol. The standard InChI is InChI=1S/C7H14O5/c1-3-5(9)7(11)6(10)4(2-8)12-3/h3-11H,2H2,1H3/t3-,4+,5-,6+,7+/m1/s1. The molecule has 5 atom stereocenters. The lowest BCUT2D eigenvalue weighted by Gasteiger charge is -2.38. The van der Waals surface area contributed by atoms with Gasteiger partial charge in [0.25, 0.3) is 0 Å². The Kier molecular flexibility index (Phi) is 3.03. The summed E-state index contributed by atoms with van der Waals surface area (Å²) in [5.74, 6) is 0. The lowest BCUT2D eigenvalue weighted by atomic mass is 9.96. The van der Waals surface area contributed by atoms with E-state index in [-0.39, 0.29) is 6.61 Å². The van der Waals surface area contributed by atoms with Crippen molar-refractivity contribution in [2.45, 2.75) is 37.4 Å². The fourth-order valence-electron chi connectivity index (χ4n) is 1.29. The van der Waals surface area contributed by atoms with E-state index in [0.717, 1.165) is 0 Å². The van der Waals surface area contributed by atoms with Crippen molar-refractivity contribution in [3.8, 4) is 0 Å². The molecule has 4 N–H and O–H groups in total. The molecule has 72 valence electrons. The minimum Gasteiger partial charge on any atom is -0.394 e. The van der Waals surface area contributed by atoms with Crippen LogP contribution in [0.4, 0.5) is 0 Å². The zero-order chi connectivity index (χ0) is 9.30. The van der Waals surface area contributed by atoms with E-state index in [1.807, 2.05) is 0 Å². The Morgan fingerprint density at radius 3 is 2.17 bits per heavy atom. The molecule has 0 bridgehead atoms. The second-order valence-electron chi connectivity index (χ2n) is 3.03.